The van der Waals surface area contributed by atoms with Crippen LogP contribution in [-0.4, -0.2) is 55.5 Å². The van der Waals surface area contributed by atoms with Gasteiger partial charge in [0.2, 0.25) is 5.91 Å². The molecule has 0 saturated carbocycles. The molecule has 2 amide bonds. The smallest absolute Gasteiger partial charge is 0.253 e. The summed E-state index contributed by atoms with van der Waals surface area (Å²) < 4.78 is 0. The lowest BCUT2D eigenvalue weighted by molar-refractivity contribution is -0.120. The van der Waals surface area contributed by atoms with Crippen molar-refractivity contribution in [2.24, 2.45) is 0 Å². The molecule has 2 aliphatic rings. The van der Waals surface area contributed by atoms with Crippen LogP contribution in [0.2, 0.25) is 0 Å². The van der Waals surface area contributed by atoms with Gasteiger partial charge < -0.3 is 26.2 Å². The number of benzene rings is 1. The maximum absolute atomic E-state index is 12.5. The summed E-state index contributed by atoms with van der Waals surface area (Å²) >= 11 is 0. The predicted octanol–water partition coefficient (Wildman–Crippen LogP) is 0.933. The van der Waals surface area contributed by atoms with Crippen LogP contribution in [0.4, 0.5) is 11.4 Å². The lowest BCUT2D eigenvalue weighted by Gasteiger charge is -2.37. The van der Waals surface area contributed by atoms with Gasteiger partial charge in [-0.3, -0.25) is 9.59 Å². The van der Waals surface area contributed by atoms with E-state index < -0.39 is 0 Å². The summed E-state index contributed by atoms with van der Waals surface area (Å²) in [7, 11) is 0. The first kappa shape index (κ1) is 18.1. The van der Waals surface area contributed by atoms with Crippen LogP contribution >= 0.6 is 0 Å². The molecular weight excluding hydrogens is 330 g/mol. The topological polar surface area (TPSA) is 90.7 Å². The van der Waals surface area contributed by atoms with E-state index in [4.69, 9.17) is 5.73 Å². The Kier molecular flexibility index (Phi) is 5.35. The van der Waals surface area contributed by atoms with E-state index in [1.165, 1.54) is 5.70 Å². The van der Waals surface area contributed by atoms with Gasteiger partial charge in [0.05, 0.1) is 18.7 Å². The molecule has 0 aromatic heterocycles. The first-order valence-corrected chi connectivity index (χ1v) is 9.10. The number of amides is 2. The van der Waals surface area contributed by atoms with Crippen molar-refractivity contribution in [3.63, 3.8) is 0 Å². The van der Waals surface area contributed by atoms with Gasteiger partial charge in [-0.15, -0.1) is 0 Å². The maximum Gasteiger partial charge on any atom is 0.253 e. The Morgan fingerprint density at radius 1 is 1.19 bits per heavy atom. The van der Waals surface area contributed by atoms with Gasteiger partial charge in [0, 0.05) is 42.7 Å². The molecule has 26 heavy (non-hydrogen) atoms. The zero-order valence-electron chi connectivity index (χ0n) is 15.4. The first-order valence-electron chi connectivity index (χ1n) is 9.10. The quantitative estimate of drug-likeness (QED) is 0.682. The monoisotopic (exact) mass is 357 g/mol. The fourth-order valence-electron chi connectivity index (χ4n) is 3.38. The van der Waals surface area contributed by atoms with Crippen molar-refractivity contribution in [2.45, 2.75) is 26.3 Å². The Balaban J connectivity index is 1.67. The highest BCUT2D eigenvalue weighted by molar-refractivity contribution is 6.01. The summed E-state index contributed by atoms with van der Waals surface area (Å²) in [6.07, 6.45) is 3.39. The van der Waals surface area contributed by atoms with Crippen molar-refractivity contribution >= 4 is 23.2 Å². The van der Waals surface area contributed by atoms with Gasteiger partial charge in [-0.05, 0) is 38.5 Å². The summed E-state index contributed by atoms with van der Waals surface area (Å²) in [6, 6.07) is 5.56. The minimum atomic E-state index is -0.332. The number of carbonyl (C=O) groups excluding carboxylic acids is 2. The van der Waals surface area contributed by atoms with Gasteiger partial charge in [0.25, 0.3) is 5.91 Å². The molecule has 3 rings (SSSR count). The number of rotatable bonds is 5. The second-order valence-electron chi connectivity index (χ2n) is 7.07. The minimum absolute atomic E-state index is 0.0383. The van der Waals surface area contributed by atoms with E-state index >= 15 is 0 Å². The van der Waals surface area contributed by atoms with E-state index in [1.54, 1.807) is 6.07 Å². The Morgan fingerprint density at radius 3 is 2.73 bits per heavy atom. The van der Waals surface area contributed by atoms with Crippen molar-refractivity contribution < 1.29 is 9.59 Å². The third-order valence-electron chi connectivity index (χ3n) is 4.68. The van der Waals surface area contributed by atoms with E-state index in [0.29, 0.717) is 11.3 Å². The number of hydrogen-bond acceptors (Lipinski definition) is 5. The Labute approximate surface area is 154 Å². The Hall–Kier alpha value is -2.70. The van der Waals surface area contributed by atoms with Crippen LogP contribution in [0.15, 0.2) is 30.0 Å². The van der Waals surface area contributed by atoms with E-state index in [-0.39, 0.29) is 24.4 Å². The zero-order chi connectivity index (χ0) is 18.7. The van der Waals surface area contributed by atoms with Crippen LogP contribution in [0.3, 0.4) is 0 Å². The van der Waals surface area contributed by atoms with Crippen LogP contribution in [0.5, 0.6) is 0 Å². The third kappa shape index (κ3) is 4.09. The summed E-state index contributed by atoms with van der Waals surface area (Å²) in [6.45, 7) is 7.55. The molecule has 4 N–H and O–H groups in total. The molecule has 2 heterocycles. The second-order valence-corrected chi connectivity index (χ2v) is 7.07. The Morgan fingerprint density at radius 2 is 1.96 bits per heavy atom. The first-order chi connectivity index (χ1) is 12.4. The van der Waals surface area contributed by atoms with Crippen molar-refractivity contribution in [1.29, 1.82) is 0 Å². The van der Waals surface area contributed by atoms with Crippen molar-refractivity contribution in [2.75, 3.05) is 43.4 Å². The number of carbonyl (C=O) groups is 2. The van der Waals surface area contributed by atoms with E-state index in [0.717, 1.165) is 38.3 Å². The molecule has 1 aromatic carbocycles. The summed E-state index contributed by atoms with van der Waals surface area (Å²) in [5.41, 5.74) is 9.14. The van der Waals surface area contributed by atoms with Gasteiger partial charge in [-0.1, -0.05) is 6.08 Å². The van der Waals surface area contributed by atoms with Crippen molar-refractivity contribution in [3.05, 3.63) is 35.5 Å². The Bertz CT molecular complexity index is 729. The molecule has 7 heteroatoms. The molecule has 7 nitrogen and oxygen atoms in total. The number of piperazine rings is 1. The highest BCUT2D eigenvalue weighted by atomic mass is 16.2. The molecule has 0 spiro atoms. The van der Waals surface area contributed by atoms with Gasteiger partial charge in [0.1, 0.15) is 0 Å². The molecule has 0 atom stereocenters. The van der Waals surface area contributed by atoms with Gasteiger partial charge in [0.15, 0.2) is 0 Å². The zero-order valence-corrected chi connectivity index (χ0v) is 15.4. The third-order valence-corrected chi connectivity index (χ3v) is 4.68. The van der Waals surface area contributed by atoms with Crippen molar-refractivity contribution in [1.82, 2.24) is 15.5 Å². The standard InChI is InChI=1S/C19H27N5O2/c1-13(2)22-18(25)11-21-19(26)16-10-14(5-6-17(16)20)24-9-8-23-7-3-4-15(23)12-24/h4-6,10,13H,3,7-9,11-12,20H2,1-2H3,(H,21,26)(H,22,25). The molecule has 140 valence electrons. The number of hydrogen-bond donors (Lipinski definition) is 3. The highest BCUT2D eigenvalue weighted by Crippen LogP contribution is 2.27. The summed E-state index contributed by atoms with van der Waals surface area (Å²) in [5, 5.41) is 5.39. The van der Waals surface area contributed by atoms with Crippen LogP contribution in [-0.2, 0) is 4.79 Å². The number of nitrogen functional groups attached to an aromatic ring is 1. The number of nitrogens with zero attached hydrogens (tertiary/aromatic N) is 2. The lowest BCUT2D eigenvalue weighted by Crippen LogP contribution is -2.43. The fourth-order valence-corrected chi connectivity index (χ4v) is 3.38. The predicted molar refractivity (Wildman–Crippen MR) is 103 cm³/mol. The summed E-state index contributed by atoms with van der Waals surface area (Å²) in [4.78, 5) is 28.9. The molecule has 0 aliphatic carbocycles. The average molecular weight is 357 g/mol. The number of nitrogens with two attached hydrogens (primary N) is 1. The van der Waals surface area contributed by atoms with Gasteiger partial charge in [-0.25, -0.2) is 0 Å². The number of fused-ring (bicyclic) bond motifs is 1. The van der Waals surface area contributed by atoms with E-state index in [2.05, 4.69) is 26.5 Å². The fraction of sp³-hybridized carbons (Fsp3) is 0.474. The molecule has 2 aliphatic heterocycles. The van der Waals surface area contributed by atoms with Gasteiger partial charge >= 0.3 is 0 Å². The molecule has 0 bridgehead atoms. The molecule has 1 fully saturated rings. The molecule has 1 aromatic rings. The largest absolute Gasteiger partial charge is 0.398 e. The average Bonchev–Trinajstić information content (AvgIpc) is 3.07. The molecule has 0 unspecified atom stereocenters. The summed E-state index contributed by atoms with van der Waals surface area (Å²) in [5.74, 6) is -0.547. The highest BCUT2D eigenvalue weighted by Gasteiger charge is 2.24. The van der Waals surface area contributed by atoms with Gasteiger partial charge in [-0.2, -0.15) is 0 Å². The second kappa shape index (κ2) is 7.68. The minimum Gasteiger partial charge on any atom is -0.398 e. The molecular formula is C19H27N5O2. The lowest BCUT2D eigenvalue weighted by atomic mass is 10.1. The van der Waals surface area contributed by atoms with E-state index in [1.807, 2.05) is 26.0 Å². The van der Waals surface area contributed by atoms with Crippen LogP contribution in [0, 0.1) is 0 Å². The molecule has 1 saturated heterocycles. The normalized spacial score (nSPS) is 16.3. The SMILES string of the molecule is CC(C)NC(=O)CNC(=O)c1cc(N2CCN3CCC=C3C2)ccc1N. The van der Waals surface area contributed by atoms with Crippen LogP contribution < -0.4 is 21.3 Å². The molecule has 0 radical (unpaired) electrons. The van der Waals surface area contributed by atoms with Crippen molar-refractivity contribution in [3.8, 4) is 0 Å². The van der Waals surface area contributed by atoms with E-state index in [9.17, 15) is 9.59 Å². The number of anilines is 2. The van der Waals surface area contributed by atoms with Crippen LogP contribution in [0.25, 0.3) is 0 Å². The number of nitrogens with one attached hydrogen (secondary N) is 2. The van der Waals surface area contributed by atoms with Crippen LogP contribution in [0.1, 0.15) is 30.6 Å². The maximum atomic E-state index is 12.5.